The van der Waals surface area contributed by atoms with Crippen LogP contribution in [-0.4, -0.2) is 65.0 Å². The number of benzene rings is 1. The molecular weight excluding hydrogens is 394 g/mol. The van der Waals surface area contributed by atoms with Gasteiger partial charge in [-0.15, -0.1) is 12.4 Å². The van der Waals surface area contributed by atoms with E-state index in [-0.39, 0.29) is 18.4 Å². The first-order valence-corrected chi connectivity index (χ1v) is 9.73. The Morgan fingerprint density at radius 1 is 1.21 bits per heavy atom. The first kappa shape index (κ1) is 19.8. The summed E-state index contributed by atoms with van der Waals surface area (Å²) >= 11 is 0. The summed E-state index contributed by atoms with van der Waals surface area (Å²) in [7, 11) is 0. The third-order valence-corrected chi connectivity index (χ3v) is 5.59. The number of rotatable bonds is 3. The summed E-state index contributed by atoms with van der Waals surface area (Å²) in [5.74, 6) is 0.168. The number of amides is 1. The van der Waals surface area contributed by atoms with Gasteiger partial charge in [-0.2, -0.15) is 5.10 Å². The number of hydrogen-bond acceptors (Lipinski definition) is 7. The number of nitrogens with two attached hydrogens (primary N) is 1. The Hall–Kier alpha value is -2.49. The lowest BCUT2D eigenvalue weighted by atomic mass is 10.1. The van der Waals surface area contributed by atoms with E-state index in [4.69, 9.17) is 15.5 Å². The van der Waals surface area contributed by atoms with Gasteiger partial charge in [0.1, 0.15) is 5.52 Å². The lowest BCUT2D eigenvalue weighted by Crippen LogP contribution is -2.37. The van der Waals surface area contributed by atoms with Crippen LogP contribution in [0.4, 0.5) is 5.95 Å². The highest BCUT2D eigenvalue weighted by atomic mass is 35.5. The van der Waals surface area contributed by atoms with Crippen molar-refractivity contribution in [1.82, 2.24) is 25.1 Å². The fraction of sp³-hybridized carbons (Fsp3) is 0.474. The number of carbonyl (C=O) groups is 1. The molecule has 2 aliphatic rings. The molecule has 0 spiro atoms. The maximum Gasteiger partial charge on any atom is 0.269 e. The Kier molecular flexibility index (Phi) is 5.53. The molecule has 0 aliphatic carbocycles. The molecule has 9 nitrogen and oxygen atoms in total. The summed E-state index contributed by atoms with van der Waals surface area (Å²) in [5, 5.41) is 9.68. The number of fused-ring (bicyclic) bond motifs is 3. The van der Waals surface area contributed by atoms with Gasteiger partial charge in [-0.3, -0.25) is 9.48 Å². The van der Waals surface area contributed by atoms with Gasteiger partial charge in [0.15, 0.2) is 5.69 Å². The molecule has 2 fully saturated rings. The zero-order valence-corrected chi connectivity index (χ0v) is 16.8. The molecule has 10 heteroatoms. The number of morpholine rings is 1. The average molecular weight is 418 g/mol. The zero-order valence-electron chi connectivity index (χ0n) is 16.0. The number of nitrogens with zero attached hydrogens (tertiary/aromatic N) is 5. The van der Waals surface area contributed by atoms with Crippen molar-refractivity contribution in [3.8, 4) is 0 Å². The molecule has 0 bridgehead atoms. The van der Waals surface area contributed by atoms with Crippen molar-refractivity contribution < 1.29 is 9.53 Å². The monoisotopic (exact) mass is 417 g/mol. The molecular formula is C19H24ClN7O2. The van der Waals surface area contributed by atoms with Gasteiger partial charge >= 0.3 is 0 Å². The Bertz CT molecular complexity index is 1040. The van der Waals surface area contributed by atoms with Crippen LogP contribution in [0.25, 0.3) is 21.8 Å². The van der Waals surface area contributed by atoms with E-state index in [0.29, 0.717) is 24.9 Å². The minimum Gasteiger partial charge on any atom is -0.378 e. The third-order valence-electron chi connectivity index (χ3n) is 5.59. The zero-order chi connectivity index (χ0) is 19.1. The topological polar surface area (TPSA) is 111 Å². The van der Waals surface area contributed by atoms with Gasteiger partial charge in [0.25, 0.3) is 5.91 Å². The molecule has 0 unspecified atom stereocenters. The fourth-order valence-corrected chi connectivity index (χ4v) is 4.12. The molecule has 3 N–H and O–H groups in total. The van der Waals surface area contributed by atoms with Crippen molar-refractivity contribution >= 4 is 46.1 Å². The van der Waals surface area contributed by atoms with E-state index >= 15 is 0 Å². The summed E-state index contributed by atoms with van der Waals surface area (Å²) in [6, 6.07) is 4.05. The highest BCUT2D eigenvalue weighted by molar-refractivity contribution is 6.11. The van der Waals surface area contributed by atoms with Crippen molar-refractivity contribution in [2.24, 2.45) is 5.73 Å². The van der Waals surface area contributed by atoms with E-state index in [2.05, 4.69) is 20.3 Å². The van der Waals surface area contributed by atoms with E-state index in [1.54, 1.807) is 0 Å². The average Bonchev–Trinajstić information content (AvgIpc) is 3.15. The van der Waals surface area contributed by atoms with Crippen molar-refractivity contribution in [1.29, 1.82) is 0 Å². The second kappa shape index (κ2) is 8.10. The number of ether oxygens (including phenoxy) is 1. The normalized spacial score (nSPS) is 18.1. The van der Waals surface area contributed by atoms with E-state index in [0.717, 1.165) is 60.8 Å². The molecule has 1 aromatic carbocycles. The number of carbonyl (C=O) groups excluding carboxylic acids is 1. The number of aromatic nitrogens is 4. The summed E-state index contributed by atoms with van der Waals surface area (Å²) in [6.07, 6.45) is 3.75. The lowest BCUT2D eigenvalue weighted by Gasteiger charge is -2.27. The van der Waals surface area contributed by atoms with Gasteiger partial charge in [-0.05, 0) is 32.0 Å². The van der Waals surface area contributed by atoms with Crippen LogP contribution >= 0.6 is 12.4 Å². The summed E-state index contributed by atoms with van der Waals surface area (Å²) < 4.78 is 7.41. The minimum absolute atomic E-state index is 0. The third kappa shape index (κ3) is 3.50. The van der Waals surface area contributed by atoms with E-state index in [1.165, 1.54) is 0 Å². The van der Waals surface area contributed by atoms with Crippen LogP contribution in [0.3, 0.4) is 0 Å². The second-order valence-electron chi connectivity index (χ2n) is 7.31. The number of halogens is 1. The summed E-state index contributed by atoms with van der Waals surface area (Å²) in [6.45, 7) is 4.73. The van der Waals surface area contributed by atoms with Crippen LogP contribution in [0.1, 0.15) is 29.4 Å². The standard InChI is InChI=1S/C19H23N7O2.ClH/c20-18(27)16-14-2-1-12-11-22-19(25-7-9-28-10-8-25)23-15(12)17(14)26(24-16)13-3-5-21-6-4-13;/h1-2,11,13,21H,3-10H2,(H2,20,27);1H. The van der Waals surface area contributed by atoms with Gasteiger partial charge < -0.3 is 20.7 Å². The molecule has 2 aliphatic heterocycles. The van der Waals surface area contributed by atoms with Crippen LogP contribution < -0.4 is 16.0 Å². The Balaban J connectivity index is 0.00000205. The summed E-state index contributed by atoms with van der Waals surface area (Å²) in [5.41, 5.74) is 7.62. The minimum atomic E-state index is -0.514. The number of hydrogen-bond donors (Lipinski definition) is 2. The Morgan fingerprint density at radius 2 is 1.97 bits per heavy atom. The Labute approximate surface area is 174 Å². The predicted octanol–water partition coefficient (Wildman–Crippen LogP) is 1.26. The fourth-order valence-electron chi connectivity index (χ4n) is 4.12. The van der Waals surface area contributed by atoms with E-state index in [1.807, 2.05) is 23.0 Å². The molecule has 29 heavy (non-hydrogen) atoms. The number of nitrogens with one attached hydrogen (secondary N) is 1. The van der Waals surface area contributed by atoms with Gasteiger partial charge in [0.05, 0.1) is 24.8 Å². The molecule has 1 amide bonds. The SMILES string of the molecule is Cl.NC(=O)c1nn(C2CCNCC2)c2c1ccc1cnc(N3CCOCC3)nc12. The maximum absolute atomic E-state index is 12.0. The molecule has 0 atom stereocenters. The molecule has 2 aromatic heterocycles. The van der Waals surface area contributed by atoms with Gasteiger partial charge in [0.2, 0.25) is 5.95 Å². The molecule has 0 saturated carbocycles. The van der Waals surface area contributed by atoms with Gasteiger partial charge in [-0.1, -0.05) is 6.07 Å². The highest BCUT2D eigenvalue weighted by Gasteiger charge is 2.25. The molecule has 154 valence electrons. The van der Waals surface area contributed by atoms with Crippen LogP contribution in [0.2, 0.25) is 0 Å². The number of primary amides is 1. The number of anilines is 1. The summed E-state index contributed by atoms with van der Waals surface area (Å²) in [4.78, 5) is 23.6. The van der Waals surface area contributed by atoms with Gasteiger partial charge in [0, 0.05) is 30.1 Å². The van der Waals surface area contributed by atoms with E-state index in [9.17, 15) is 4.79 Å². The smallest absolute Gasteiger partial charge is 0.269 e. The predicted molar refractivity (Wildman–Crippen MR) is 113 cm³/mol. The largest absolute Gasteiger partial charge is 0.378 e. The Morgan fingerprint density at radius 3 is 2.69 bits per heavy atom. The van der Waals surface area contributed by atoms with Crippen molar-refractivity contribution in [3.05, 3.63) is 24.0 Å². The van der Waals surface area contributed by atoms with Crippen molar-refractivity contribution in [2.45, 2.75) is 18.9 Å². The molecule has 4 heterocycles. The van der Waals surface area contributed by atoms with Gasteiger partial charge in [-0.25, -0.2) is 9.97 Å². The van der Waals surface area contributed by atoms with Crippen LogP contribution in [0, 0.1) is 0 Å². The highest BCUT2D eigenvalue weighted by Crippen LogP contribution is 2.31. The first-order valence-electron chi connectivity index (χ1n) is 9.73. The van der Waals surface area contributed by atoms with Crippen molar-refractivity contribution in [2.75, 3.05) is 44.3 Å². The van der Waals surface area contributed by atoms with Crippen molar-refractivity contribution in [3.63, 3.8) is 0 Å². The maximum atomic E-state index is 12.0. The van der Waals surface area contributed by atoms with Crippen LogP contribution in [0.5, 0.6) is 0 Å². The molecule has 2 saturated heterocycles. The molecule has 0 radical (unpaired) electrons. The second-order valence-corrected chi connectivity index (χ2v) is 7.31. The van der Waals surface area contributed by atoms with Crippen LogP contribution in [-0.2, 0) is 4.74 Å². The quantitative estimate of drug-likeness (QED) is 0.659. The van der Waals surface area contributed by atoms with E-state index < -0.39 is 5.91 Å². The molecule has 3 aromatic rings. The number of piperidine rings is 1. The molecule has 5 rings (SSSR count). The first-order chi connectivity index (χ1) is 13.7. The lowest BCUT2D eigenvalue weighted by molar-refractivity contribution is 0.0995. The van der Waals surface area contributed by atoms with Crippen LogP contribution in [0.15, 0.2) is 18.3 Å².